The number of halogens is 2. The molecule has 0 fully saturated rings. The van der Waals surface area contributed by atoms with E-state index in [0.717, 1.165) is 51.8 Å². The van der Waals surface area contributed by atoms with Crippen LogP contribution in [-0.4, -0.2) is 10.1 Å². The molecule has 0 aliphatic rings. The van der Waals surface area contributed by atoms with Gasteiger partial charge >= 0.3 is 37.9 Å². The first-order chi connectivity index (χ1) is 16.5. The molecule has 0 aliphatic heterocycles. The number of aliphatic hydroxyl groups is 1. The topological polar surface area (TPSA) is 47.2 Å². The molecular weight excluding hydrogens is 542 g/mol. The van der Waals surface area contributed by atoms with Gasteiger partial charge in [-0.1, -0.05) is 92.2 Å². The fraction of sp³-hybridized carbons (Fsp3) is 0.250. The van der Waals surface area contributed by atoms with Crippen LogP contribution in [0.25, 0.3) is 27.3 Å². The van der Waals surface area contributed by atoms with Crippen LogP contribution in [-0.2, 0) is 40.2 Å². The van der Waals surface area contributed by atoms with Crippen LogP contribution >= 0.6 is 17.0 Å². The second-order valence-corrected chi connectivity index (χ2v) is 11.7. The zero-order valence-corrected chi connectivity index (χ0v) is 23.7. The van der Waals surface area contributed by atoms with Crippen molar-refractivity contribution in [3.8, 4) is 11.3 Å². The summed E-state index contributed by atoms with van der Waals surface area (Å²) in [6, 6.07) is 24.9. The molecular formula is C28H29Cl2N2OZr-. The first-order valence-corrected chi connectivity index (χ1v) is 17.8. The number of benzene rings is 3. The number of fused-ring (bicyclic) bond motifs is 1. The summed E-state index contributed by atoms with van der Waals surface area (Å²) in [5.74, 6) is 0. The fourth-order valence-electron chi connectivity index (χ4n) is 4.21. The maximum atomic E-state index is 10.4. The standard InChI is InChI=1S/C28H29N2O.2ClH.Zr/c1-4-20-11-8-12-21(5-2)28(20)29-18-23-13-9-15-26(30-23)27-24(19(3)31)17-16-22-10-6-7-14-25(22)27;;;/h6-17,19,31H,4-5,18H2,1-3H3;2*1H;/q-1;;;+2/p-2. The summed E-state index contributed by atoms with van der Waals surface area (Å²) in [4.78, 5) is 4.96. The Balaban J connectivity index is 0.00000103. The molecule has 0 amide bonds. The average molecular weight is 572 g/mol. The molecule has 3 aromatic carbocycles. The van der Waals surface area contributed by atoms with Gasteiger partial charge in [-0.25, -0.2) is 0 Å². The van der Waals surface area contributed by atoms with Crippen LogP contribution in [0.5, 0.6) is 0 Å². The molecule has 3 nitrogen and oxygen atoms in total. The maximum absolute atomic E-state index is 10.4. The van der Waals surface area contributed by atoms with Gasteiger partial charge in [-0.15, -0.1) is 5.69 Å². The van der Waals surface area contributed by atoms with Crippen LogP contribution in [0, 0.1) is 0 Å². The van der Waals surface area contributed by atoms with Crippen molar-refractivity contribution < 1.29 is 26.0 Å². The molecule has 4 aromatic rings. The summed E-state index contributed by atoms with van der Waals surface area (Å²) in [5, 5.41) is 17.6. The zero-order valence-electron chi connectivity index (χ0n) is 19.7. The molecule has 1 heterocycles. The molecule has 0 spiro atoms. The van der Waals surface area contributed by atoms with Crippen molar-refractivity contribution in [2.24, 2.45) is 0 Å². The van der Waals surface area contributed by atoms with Gasteiger partial charge in [0, 0.05) is 11.3 Å². The average Bonchev–Trinajstić information content (AvgIpc) is 2.87. The molecule has 1 N–H and O–H groups in total. The Morgan fingerprint density at radius 2 is 1.53 bits per heavy atom. The minimum atomic E-state index is -0.826. The molecule has 1 unspecified atom stereocenters. The number of aliphatic hydroxyl groups excluding tert-OH is 1. The van der Waals surface area contributed by atoms with E-state index in [9.17, 15) is 5.11 Å². The normalized spacial score (nSPS) is 11.5. The van der Waals surface area contributed by atoms with Crippen molar-refractivity contribution in [1.29, 1.82) is 0 Å². The SMILES string of the molecule is CCc1cccc(CC)c1[N-]Cc1cccc(-c2c(C(C)O)ccc3ccccc23)n1.[Cl][Zr][Cl]. The van der Waals surface area contributed by atoms with Crippen molar-refractivity contribution >= 4 is 33.5 Å². The Kier molecular flexibility index (Phi) is 10.6. The van der Waals surface area contributed by atoms with Gasteiger partial charge in [0.25, 0.3) is 0 Å². The number of rotatable bonds is 7. The summed E-state index contributed by atoms with van der Waals surface area (Å²) in [5.41, 5.74) is 7.36. The van der Waals surface area contributed by atoms with E-state index in [0.29, 0.717) is 6.54 Å². The summed E-state index contributed by atoms with van der Waals surface area (Å²) < 4.78 is 0. The van der Waals surface area contributed by atoms with Crippen molar-refractivity contribution in [3.63, 3.8) is 0 Å². The summed E-state index contributed by atoms with van der Waals surface area (Å²) in [7, 11) is 9.87. The number of aromatic nitrogens is 1. The number of aryl methyl sites for hydroxylation is 2. The van der Waals surface area contributed by atoms with Crippen LogP contribution in [0.4, 0.5) is 5.69 Å². The molecule has 34 heavy (non-hydrogen) atoms. The van der Waals surface area contributed by atoms with Gasteiger partial charge in [0.2, 0.25) is 0 Å². The van der Waals surface area contributed by atoms with Crippen molar-refractivity contribution in [1.82, 2.24) is 4.98 Å². The van der Waals surface area contributed by atoms with Gasteiger partial charge in [-0.05, 0) is 48.2 Å². The van der Waals surface area contributed by atoms with Crippen LogP contribution in [0.3, 0.4) is 0 Å². The number of pyridine rings is 1. The third-order valence-corrected chi connectivity index (χ3v) is 5.84. The van der Waals surface area contributed by atoms with Gasteiger partial charge in [-0.3, -0.25) is 4.98 Å². The van der Waals surface area contributed by atoms with E-state index in [1.54, 1.807) is 6.92 Å². The minimum absolute atomic E-state index is 0.534. The molecule has 0 bridgehead atoms. The number of para-hydroxylation sites is 1. The third-order valence-electron chi connectivity index (χ3n) is 5.84. The molecule has 0 saturated heterocycles. The van der Waals surface area contributed by atoms with E-state index in [-0.39, 0.29) is 0 Å². The molecule has 0 aliphatic carbocycles. The Hall–Kier alpha value is -1.71. The van der Waals surface area contributed by atoms with Gasteiger partial charge in [-0.2, -0.15) is 0 Å². The fourth-order valence-corrected chi connectivity index (χ4v) is 4.21. The first-order valence-electron chi connectivity index (χ1n) is 11.4. The van der Waals surface area contributed by atoms with Crippen molar-refractivity contribution in [2.75, 3.05) is 0 Å². The van der Waals surface area contributed by atoms with Crippen molar-refractivity contribution in [3.05, 3.63) is 100 Å². The predicted molar refractivity (Wildman–Crippen MR) is 141 cm³/mol. The first kappa shape index (κ1) is 26.9. The summed E-state index contributed by atoms with van der Waals surface area (Å²) in [6.07, 6.45) is 1.36. The third kappa shape index (κ3) is 6.49. The van der Waals surface area contributed by atoms with Crippen LogP contribution in [0.1, 0.15) is 49.3 Å². The van der Waals surface area contributed by atoms with E-state index < -0.39 is 27.0 Å². The molecule has 6 heteroatoms. The Bertz CT molecular complexity index is 1210. The quantitative estimate of drug-likeness (QED) is 0.241. The predicted octanol–water partition coefficient (Wildman–Crippen LogP) is 8.66. The summed E-state index contributed by atoms with van der Waals surface area (Å²) in [6.45, 7) is 6.68. The Morgan fingerprint density at radius 1 is 0.882 bits per heavy atom. The Morgan fingerprint density at radius 3 is 2.18 bits per heavy atom. The zero-order chi connectivity index (χ0) is 24.5. The molecule has 0 radical (unpaired) electrons. The second kappa shape index (κ2) is 13.4. The van der Waals surface area contributed by atoms with Gasteiger partial charge in [0.15, 0.2) is 0 Å². The van der Waals surface area contributed by atoms with Crippen LogP contribution in [0.15, 0.2) is 72.8 Å². The van der Waals surface area contributed by atoms with Crippen molar-refractivity contribution in [2.45, 2.75) is 46.3 Å². The second-order valence-electron chi connectivity index (χ2n) is 7.96. The number of nitrogens with zero attached hydrogens (tertiary/aromatic N) is 2. The molecule has 1 atom stereocenters. The van der Waals surface area contributed by atoms with E-state index in [1.807, 2.05) is 36.4 Å². The molecule has 176 valence electrons. The van der Waals surface area contributed by atoms with E-state index >= 15 is 0 Å². The monoisotopic (exact) mass is 569 g/mol. The van der Waals surface area contributed by atoms with Crippen LogP contribution in [0.2, 0.25) is 0 Å². The van der Waals surface area contributed by atoms with E-state index in [2.05, 4.69) is 50.2 Å². The molecule has 4 rings (SSSR count). The van der Waals surface area contributed by atoms with Gasteiger partial charge < -0.3 is 10.4 Å². The van der Waals surface area contributed by atoms with E-state index in [1.165, 1.54) is 11.1 Å². The van der Waals surface area contributed by atoms with Gasteiger partial charge in [0.05, 0.1) is 11.8 Å². The van der Waals surface area contributed by atoms with Crippen LogP contribution < -0.4 is 0 Å². The number of hydrogen-bond donors (Lipinski definition) is 1. The molecule has 1 aromatic heterocycles. The number of hydrogen-bond acceptors (Lipinski definition) is 2. The Labute approximate surface area is 221 Å². The molecule has 0 saturated carbocycles. The summed E-state index contributed by atoms with van der Waals surface area (Å²) >= 11 is -0.826. The van der Waals surface area contributed by atoms with Gasteiger partial charge in [0.1, 0.15) is 0 Å². The van der Waals surface area contributed by atoms with E-state index in [4.69, 9.17) is 27.3 Å².